The van der Waals surface area contributed by atoms with Crippen LogP contribution in [0.25, 0.3) is 11.3 Å². The lowest BCUT2D eigenvalue weighted by Crippen LogP contribution is -2.45. The van der Waals surface area contributed by atoms with E-state index in [2.05, 4.69) is 50.9 Å². The van der Waals surface area contributed by atoms with Crippen LogP contribution in [0, 0.1) is 0 Å². The highest BCUT2D eigenvalue weighted by Crippen LogP contribution is 2.27. The van der Waals surface area contributed by atoms with Crippen molar-refractivity contribution in [3.8, 4) is 11.3 Å². The molecule has 0 bridgehead atoms. The van der Waals surface area contributed by atoms with Gasteiger partial charge in [0.1, 0.15) is 5.01 Å². The molecule has 1 aromatic carbocycles. The van der Waals surface area contributed by atoms with Gasteiger partial charge >= 0.3 is 0 Å². The van der Waals surface area contributed by atoms with E-state index in [1.807, 2.05) is 24.5 Å². The van der Waals surface area contributed by atoms with Crippen LogP contribution in [0.15, 0.2) is 60.2 Å². The minimum atomic E-state index is 0.358. The number of nitrogens with zero attached hydrogens (tertiary/aromatic N) is 3. The summed E-state index contributed by atoms with van der Waals surface area (Å²) in [5.41, 5.74) is 3.53. The molecule has 1 atom stereocenters. The Bertz CT molecular complexity index is 772. The van der Waals surface area contributed by atoms with Gasteiger partial charge in [-0.25, -0.2) is 4.98 Å². The summed E-state index contributed by atoms with van der Waals surface area (Å²) >= 11 is 1.75. The second-order valence-electron chi connectivity index (χ2n) is 5.97. The zero-order valence-electron chi connectivity index (χ0n) is 13.4. The average molecular weight is 336 g/mol. The molecule has 0 saturated carbocycles. The second-order valence-corrected chi connectivity index (χ2v) is 6.91. The molecule has 3 heterocycles. The average Bonchev–Trinajstić information content (AvgIpc) is 3.12. The van der Waals surface area contributed by atoms with Gasteiger partial charge in [0, 0.05) is 49.0 Å². The predicted molar refractivity (Wildman–Crippen MR) is 97.8 cm³/mol. The van der Waals surface area contributed by atoms with Crippen molar-refractivity contribution >= 4 is 11.3 Å². The monoisotopic (exact) mass is 336 g/mol. The third-order valence-corrected chi connectivity index (χ3v) is 5.22. The molecule has 1 aliphatic heterocycles. The number of aromatic nitrogens is 2. The Hall–Kier alpha value is -2.08. The van der Waals surface area contributed by atoms with Gasteiger partial charge in [-0.3, -0.25) is 9.88 Å². The quantitative estimate of drug-likeness (QED) is 0.793. The molecule has 4 rings (SSSR count). The summed E-state index contributed by atoms with van der Waals surface area (Å²) in [6, 6.07) is 14.9. The molecular weight excluding hydrogens is 316 g/mol. The maximum Gasteiger partial charge on any atom is 0.107 e. The molecular formula is C19H20N4S. The van der Waals surface area contributed by atoms with Crippen LogP contribution in [0.1, 0.15) is 16.6 Å². The number of hydrogen-bond donors (Lipinski definition) is 1. The lowest BCUT2D eigenvalue weighted by Gasteiger charge is -2.35. The molecule has 1 aliphatic rings. The molecule has 3 aromatic rings. The summed E-state index contributed by atoms with van der Waals surface area (Å²) < 4.78 is 0. The van der Waals surface area contributed by atoms with Crippen molar-refractivity contribution in [2.45, 2.75) is 12.6 Å². The van der Waals surface area contributed by atoms with Crippen molar-refractivity contribution < 1.29 is 0 Å². The SMILES string of the molecule is c1ccc(-c2csc(CN3CCNCC3c3cccnc3)n2)cc1. The first-order valence-electron chi connectivity index (χ1n) is 8.25. The molecule has 4 nitrogen and oxygen atoms in total. The molecule has 122 valence electrons. The molecule has 0 aliphatic carbocycles. The van der Waals surface area contributed by atoms with E-state index in [9.17, 15) is 0 Å². The van der Waals surface area contributed by atoms with Gasteiger partial charge in [-0.2, -0.15) is 0 Å². The van der Waals surface area contributed by atoms with Crippen LogP contribution in [-0.2, 0) is 6.54 Å². The van der Waals surface area contributed by atoms with Crippen molar-refractivity contribution in [2.75, 3.05) is 19.6 Å². The second kappa shape index (κ2) is 7.21. The Labute approximate surface area is 146 Å². The third-order valence-electron chi connectivity index (χ3n) is 4.38. The number of rotatable bonds is 4. The van der Waals surface area contributed by atoms with Crippen LogP contribution in [0.2, 0.25) is 0 Å². The molecule has 24 heavy (non-hydrogen) atoms. The smallest absolute Gasteiger partial charge is 0.107 e. The lowest BCUT2D eigenvalue weighted by molar-refractivity contribution is 0.153. The van der Waals surface area contributed by atoms with Crippen LogP contribution < -0.4 is 5.32 Å². The molecule has 0 spiro atoms. The zero-order chi connectivity index (χ0) is 16.2. The Morgan fingerprint density at radius 2 is 2.08 bits per heavy atom. The van der Waals surface area contributed by atoms with Gasteiger partial charge in [-0.05, 0) is 11.6 Å². The standard InChI is InChI=1S/C19H20N4S/c1-2-5-15(6-3-1)17-14-24-19(22-17)13-23-10-9-21-12-18(23)16-7-4-8-20-11-16/h1-8,11,14,18,21H,9-10,12-13H2. The Morgan fingerprint density at radius 3 is 2.92 bits per heavy atom. The van der Waals surface area contributed by atoms with Gasteiger partial charge in [0.15, 0.2) is 0 Å². The number of benzene rings is 1. The van der Waals surface area contributed by atoms with Gasteiger partial charge in [-0.15, -0.1) is 11.3 Å². The first kappa shape index (κ1) is 15.4. The molecule has 1 fully saturated rings. The summed E-state index contributed by atoms with van der Waals surface area (Å²) in [5.74, 6) is 0. The maximum absolute atomic E-state index is 4.84. The summed E-state index contributed by atoms with van der Waals surface area (Å²) in [6.45, 7) is 3.90. The number of thiazole rings is 1. The first-order chi connectivity index (χ1) is 11.9. The van der Waals surface area contributed by atoms with Crippen LogP contribution in [-0.4, -0.2) is 34.5 Å². The molecule has 1 saturated heterocycles. The lowest BCUT2D eigenvalue weighted by atomic mass is 10.1. The Morgan fingerprint density at radius 1 is 1.17 bits per heavy atom. The molecule has 1 unspecified atom stereocenters. The molecule has 2 aromatic heterocycles. The van der Waals surface area contributed by atoms with E-state index in [-0.39, 0.29) is 0 Å². The van der Waals surface area contributed by atoms with Gasteiger partial charge in [-0.1, -0.05) is 36.4 Å². The van der Waals surface area contributed by atoms with Crippen LogP contribution in [0.3, 0.4) is 0 Å². The minimum Gasteiger partial charge on any atom is -0.314 e. The van der Waals surface area contributed by atoms with E-state index in [0.29, 0.717) is 6.04 Å². The number of piperazine rings is 1. The fourth-order valence-corrected chi connectivity index (χ4v) is 3.96. The molecule has 1 N–H and O–H groups in total. The van der Waals surface area contributed by atoms with Crippen LogP contribution in [0.4, 0.5) is 0 Å². The summed E-state index contributed by atoms with van der Waals surface area (Å²) in [5, 5.41) is 6.82. The topological polar surface area (TPSA) is 41.0 Å². The third kappa shape index (κ3) is 3.38. The van der Waals surface area contributed by atoms with E-state index in [1.54, 1.807) is 11.3 Å². The van der Waals surface area contributed by atoms with Crippen molar-refractivity contribution in [1.29, 1.82) is 0 Å². The summed E-state index contributed by atoms with van der Waals surface area (Å²) in [4.78, 5) is 11.6. The fraction of sp³-hybridized carbons (Fsp3) is 0.263. The minimum absolute atomic E-state index is 0.358. The van der Waals surface area contributed by atoms with Crippen molar-refractivity contribution in [2.24, 2.45) is 0 Å². The molecule has 5 heteroatoms. The zero-order valence-corrected chi connectivity index (χ0v) is 14.2. The van der Waals surface area contributed by atoms with Crippen LogP contribution >= 0.6 is 11.3 Å². The highest BCUT2D eigenvalue weighted by atomic mass is 32.1. The van der Waals surface area contributed by atoms with Crippen LogP contribution in [0.5, 0.6) is 0 Å². The Kier molecular flexibility index (Phi) is 4.64. The van der Waals surface area contributed by atoms with E-state index < -0.39 is 0 Å². The van der Waals surface area contributed by atoms with Gasteiger partial charge in [0.25, 0.3) is 0 Å². The maximum atomic E-state index is 4.84. The normalized spacial score (nSPS) is 18.6. The van der Waals surface area contributed by atoms with Crippen molar-refractivity contribution in [1.82, 2.24) is 20.2 Å². The Balaban J connectivity index is 1.52. The van der Waals surface area contributed by atoms with E-state index in [1.165, 1.54) is 16.1 Å². The van der Waals surface area contributed by atoms with E-state index >= 15 is 0 Å². The first-order valence-corrected chi connectivity index (χ1v) is 9.12. The summed E-state index contributed by atoms with van der Waals surface area (Å²) in [7, 11) is 0. The number of pyridine rings is 1. The predicted octanol–water partition coefficient (Wildman–Crippen LogP) is 3.35. The van der Waals surface area contributed by atoms with E-state index in [4.69, 9.17) is 4.98 Å². The highest BCUT2D eigenvalue weighted by Gasteiger charge is 2.24. The van der Waals surface area contributed by atoms with Gasteiger partial charge in [0.05, 0.1) is 12.2 Å². The summed E-state index contributed by atoms with van der Waals surface area (Å²) in [6.07, 6.45) is 3.80. The largest absolute Gasteiger partial charge is 0.314 e. The number of hydrogen-bond acceptors (Lipinski definition) is 5. The van der Waals surface area contributed by atoms with Crippen molar-refractivity contribution in [3.63, 3.8) is 0 Å². The van der Waals surface area contributed by atoms with Gasteiger partial charge < -0.3 is 5.32 Å². The number of nitrogens with one attached hydrogen (secondary N) is 1. The fourth-order valence-electron chi connectivity index (χ4n) is 3.14. The van der Waals surface area contributed by atoms with Crippen molar-refractivity contribution in [3.05, 3.63) is 70.8 Å². The molecule has 0 amide bonds. The van der Waals surface area contributed by atoms with Gasteiger partial charge in [0.2, 0.25) is 0 Å². The molecule has 0 radical (unpaired) electrons. The van der Waals surface area contributed by atoms with E-state index in [0.717, 1.165) is 31.9 Å². The highest BCUT2D eigenvalue weighted by molar-refractivity contribution is 7.09.